The summed E-state index contributed by atoms with van der Waals surface area (Å²) >= 11 is 0. The molecule has 5 rings (SSSR count). The van der Waals surface area contributed by atoms with Crippen molar-refractivity contribution in [2.45, 2.75) is 6.61 Å². The quantitative estimate of drug-likeness (QED) is 0.497. The van der Waals surface area contributed by atoms with Crippen LogP contribution in [0.1, 0.15) is 11.3 Å². The molecule has 0 bridgehead atoms. The fourth-order valence-electron chi connectivity index (χ4n) is 3.29. The predicted octanol–water partition coefficient (Wildman–Crippen LogP) is 4.70. The number of rotatable bonds is 6. The number of para-hydroxylation sites is 2. The van der Waals surface area contributed by atoms with Crippen LogP contribution in [0.3, 0.4) is 0 Å². The Bertz CT molecular complexity index is 1130. The number of anilines is 2. The van der Waals surface area contributed by atoms with Crippen LogP contribution >= 0.6 is 0 Å². The van der Waals surface area contributed by atoms with Crippen molar-refractivity contribution >= 4 is 17.2 Å². The standard InChI is InChI=1S/C24H21N5O/c1-4-10-19(11-5-1)18-30-22-16-17-25-23(22)24-26-28(20-12-6-2-7-13-20)29(27-24)21-14-8-3-9-15-21/h1-17,25H,18H2,(H,26,27). The molecule has 0 fully saturated rings. The van der Waals surface area contributed by atoms with Crippen LogP contribution in [-0.4, -0.2) is 10.8 Å². The van der Waals surface area contributed by atoms with Crippen molar-refractivity contribution in [3.05, 3.63) is 115 Å². The molecule has 3 aromatic carbocycles. The Labute approximate surface area is 175 Å². The number of hydrazine groups is 2. The first-order chi connectivity index (χ1) is 14.9. The van der Waals surface area contributed by atoms with E-state index in [0.29, 0.717) is 12.4 Å². The summed E-state index contributed by atoms with van der Waals surface area (Å²) in [5.74, 6) is 1.42. The van der Waals surface area contributed by atoms with E-state index >= 15 is 0 Å². The summed E-state index contributed by atoms with van der Waals surface area (Å²) in [7, 11) is 0. The first-order valence-electron chi connectivity index (χ1n) is 9.78. The molecule has 30 heavy (non-hydrogen) atoms. The Hall–Kier alpha value is -4.19. The van der Waals surface area contributed by atoms with E-state index in [2.05, 4.69) is 10.4 Å². The zero-order valence-electron chi connectivity index (χ0n) is 16.3. The Morgan fingerprint density at radius 1 is 0.733 bits per heavy atom. The summed E-state index contributed by atoms with van der Waals surface area (Å²) in [6.07, 6.45) is 1.86. The number of nitrogens with zero attached hydrogens (tertiary/aromatic N) is 3. The molecule has 0 unspecified atom stereocenters. The number of aromatic nitrogens is 1. The number of H-pyrrole nitrogens is 1. The molecule has 1 aliphatic heterocycles. The van der Waals surface area contributed by atoms with Crippen molar-refractivity contribution < 1.29 is 4.74 Å². The van der Waals surface area contributed by atoms with Crippen molar-refractivity contribution in [3.63, 3.8) is 0 Å². The number of hydrogen-bond acceptors (Lipinski definition) is 5. The molecule has 0 amide bonds. The van der Waals surface area contributed by atoms with Gasteiger partial charge in [-0.15, -0.1) is 5.10 Å². The number of ether oxygens (including phenoxy) is 1. The van der Waals surface area contributed by atoms with Gasteiger partial charge >= 0.3 is 0 Å². The highest BCUT2D eigenvalue weighted by Crippen LogP contribution is 2.27. The topological polar surface area (TPSA) is 55.9 Å². The van der Waals surface area contributed by atoms with Crippen LogP contribution in [0, 0.1) is 0 Å². The van der Waals surface area contributed by atoms with Gasteiger partial charge in [-0.05, 0) is 35.9 Å². The lowest BCUT2D eigenvalue weighted by Crippen LogP contribution is -2.44. The van der Waals surface area contributed by atoms with E-state index in [-0.39, 0.29) is 0 Å². The van der Waals surface area contributed by atoms with Crippen LogP contribution in [0.4, 0.5) is 11.4 Å². The molecule has 6 nitrogen and oxygen atoms in total. The number of hydrogen-bond donors (Lipinski definition) is 2. The fourth-order valence-corrected chi connectivity index (χ4v) is 3.29. The van der Waals surface area contributed by atoms with Gasteiger partial charge in [0.1, 0.15) is 18.1 Å². The third-order valence-corrected chi connectivity index (χ3v) is 4.77. The number of benzene rings is 3. The van der Waals surface area contributed by atoms with Gasteiger partial charge in [-0.1, -0.05) is 66.7 Å². The van der Waals surface area contributed by atoms with E-state index in [1.807, 2.05) is 113 Å². The molecule has 0 aliphatic carbocycles. The molecule has 1 aromatic heterocycles. The molecule has 148 valence electrons. The Morgan fingerprint density at radius 2 is 1.37 bits per heavy atom. The van der Waals surface area contributed by atoms with Crippen molar-refractivity contribution in [2.24, 2.45) is 5.10 Å². The zero-order chi connectivity index (χ0) is 20.2. The summed E-state index contributed by atoms with van der Waals surface area (Å²) in [6.45, 7) is 0.490. The van der Waals surface area contributed by atoms with E-state index in [0.717, 1.165) is 28.4 Å². The third kappa shape index (κ3) is 3.58. The van der Waals surface area contributed by atoms with Gasteiger partial charge in [0, 0.05) is 6.20 Å². The predicted molar refractivity (Wildman–Crippen MR) is 119 cm³/mol. The van der Waals surface area contributed by atoms with Crippen LogP contribution < -0.4 is 20.4 Å². The molecule has 0 spiro atoms. The molecule has 0 atom stereocenters. The monoisotopic (exact) mass is 395 g/mol. The summed E-state index contributed by atoms with van der Waals surface area (Å²) in [5, 5.41) is 8.58. The zero-order valence-corrected chi connectivity index (χ0v) is 16.3. The van der Waals surface area contributed by atoms with Gasteiger partial charge in [0.2, 0.25) is 0 Å². The van der Waals surface area contributed by atoms with Crippen LogP contribution in [-0.2, 0) is 6.61 Å². The largest absolute Gasteiger partial charge is 0.487 e. The second kappa shape index (κ2) is 8.05. The third-order valence-electron chi connectivity index (χ3n) is 4.77. The summed E-state index contributed by atoms with van der Waals surface area (Å²) in [5.41, 5.74) is 7.22. The van der Waals surface area contributed by atoms with Gasteiger partial charge in [0.05, 0.1) is 11.4 Å². The maximum absolute atomic E-state index is 6.07. The highest BCUT2D eigenvalue weighted by atomic mass is 16.5. The molecular weight excluding hydrogens is 374 g/mol. The normalized spacial score (nSPS) is 13.1. The average molecular weight is 395 g/mol. The Balaban J connectivity index is 1.44. The molecule has 2 heterocycles. The summed E-state index contributed by atoms with van der Waals surface area (Å²) in [4.78, 5) is 3.26. The van der Waals surface area contributed by atoms with E-state index in [1.54, 1.807) is 0 Å². The Kier molecular flexibility index (Phi) is 4.79. The number of hydrazone groups is 1. The molecule has 0 saturated carbocycles. The van der Waals surface area contributed by atoms with Crippen LogP contribution in [0.25, 0.3) is 0 Å². The van der Waals surface area contributed by atoms with E-state index in [1.165, 1.54) is 0 Å². The lowest BCUT2D eigenvalue weighted by Gasteiger charge is -2.27. The molecule has 2 N–H and O–H groups in total. The molecule has 6 heteroatoms. The van der Waals surface area contributed by atoms with Crippen molar-refractivity contribution in [3.8, 4) is 5.75 Å². The summed E-state index contributed by atoms with van der Waals surface area (Å²) < 4.78 is 6.07. The maximum atomic E-state index is 6.07. The number of amidine groups is 1. The molecule has 0 saturated heterocycles. The minimum Gasteiger partial charge on any atom is -0.487 e. The Morgan fingerprint density at radius 3 is 2.07 bits per heavy atom. The van der Waals surface area contributed by atoms with E-state index in [9.17, 15) is 0 Å². The minimum atomic E-state index is 0.490. The summed E-state index contributed by atoms with van der Waals surface area (Å²) in [6, 6.07) is 32.1. The SMILES string of the molecule is c1ccc(COc2cc[nH]c2C2=NN(c3ccccc3)N(c3ccccc3)N2)cc1. The number of aromatic amines is 1. The minimum absolute atomic E-state index is 0.490. The van der Waals surface area contributed by atoms with Gasteiger partial charge in [0.25, 0.3) is 0 Å². The van der Waals surface area contributed by atoms with Crippen LogP contribution in [0.2, 0.25) is 0 Å². The van der Waals surface area contributed by atoms with Gasteiger partial charge in [-0.25, -0.2) is 0 Å². The van der Waals surface area contributed by atoms with Crippen molar-refractivity contribution in [1.82, 2.24) is 10.4 Å². The fraction of sp³-hybridized carbons (Fsp3) is 0.0417. The lowest BCUT2D eigenvalue weighted by molar-refractivity contribution is 0.306. The molecule has 1 aliphatic rings. The highest BCUT2D eigenvalue weighted by Gasteiger charge is 2.28. The number of nitrogens with one attached hydrogen (secondary N) is 2. The maximum Gasteiger partial charge on any atom is 0.196 e. The van der Waals surface area contributed by atoms with Crippen LogP contribution in [0.5, 0.6) is 5.75 Å². The smallest absolute Gasteiger partial charge is 0.196 e. The molecule has 4 aromatic rings. The second-order valence-corrected chi connectivity index (χ2v) is 6.82. The van der Waals surface area contributed by atoms with Crippen molar-refractivity contribution in [2.75, 3.05) is 10.2 Å². The van der Waals surface area contributed by atoms with Crippen LogP contribution in [0.15, 0.2) is 108 Å². The second-order valence-electron chi connectivity index (χ2n) is 6.82. The van der Waals surface area contributed by atoms with E-state index < -0.39 is 0 Å². The molecule has 0 radical (unpaired) electrons. The van der Waals surface area contributed by atoms with Crippen molar-refractivity contribution in [1.29, 1.82) is 0 Å². The van der Waals surface area contributed by atoms with Gasteiger partial charge in [0.15, 0.2) is 5.84 Å². The highest BCUT2D eigenvalue weighted by molar-refractivity contribution is 6.02. The first kappa shape index (κ1) is 17.9. The van der Waals surface area contributed by atoms with Gasteiger partial charge in [-0.2, -0.15) is 10.2 Å². The van der Waals surface area contributed by atoms with E-state index in [4.69, 9.17) is 9.84 Å². The average Bonchev–Trinajstić information content (AvgIpc) is 3.47. The first-order valence-corrected chi connectivity index (χ1v) is 9.78. The molecular formula is C24H21N5O. The van der Waals surface area contributed by atoms with Gasteiger partial charge in [-0.3, -0.25) is 5.43 Å². The van der Waals surface area contributed by atoms with Gasteiger partial charge < -0.3 is 9.72 Å². The lowest BCUT2D eigenvalue weighted by atomic mass is 10.2.